The lowest BCUT2D eigenvalue weighted by Gasteiger charge is -2.01. The molecule has 2 heteroatoms. The van der Waals surface area contributed by atoms with E-state index in [2.05, 4.69) is 6.92 Å². The summed E-state index contributed by atoms with van der Waals surface area (Å²) in [5.41, 5.74) is 1.52. The van der Waals surface area contributed by atoms with Gasteiger partial charge in [0.25, 0.3) is 0 Å². The summed E-state index contributed by atoms with van der Waals surface area (Å²) in [6.45, 7) is 3.90. The summed E-state index contributed by atoms with van der Waals surface area (Å²) < 4.78 is 25.7. The van der Waals surface area contributed by atoms with Crippen LogP contribution in [0.25, 0.3) is 6.08 Å². The third-order valence-corrected chi connectivity index (χ3v) is 2.33. The molecule has 0 radical (unpaired) electrons. The molecule has 15 heavy (non-hydrogen) atoms. The Labute approximate surface area is 89.6 Å². The summed E-state index contributed by atoms with van der Waals surface area (Å²) in [5, 5.41) is 0. The highest BCUT2D eigenvalue weighted by molar-refractivity contribution is 5.53. The first-order chi connectivity index (χ1) is 7.15. The second-order valence-electron chi connectivity index (χ2n) is 3.67. The Kier molecular flexibility index (Phi) is 4.47. The molecule has 1 aromatic carbocycles. The zero-order valence-corrected chi connectivity index (χ0v) is 9.19. The summed E-state index contributed by atoms with van der Waals surface area (Å²) in [4.78, 5) is 0. The van der Waals surface area contributed by atoms with Crippen molar-refractivity contribution in [2.45, 2.75) is 33.1 Å². The molecule has 0 aromatic heterocycles. The molecule has 0 fully saturated rings. The van der Waals surface area contributed by atoms with Gasteiger partial charge in [0.2, 0.25) is 0 Å². The molecule has 1 aromatic rings. The summed E-state index contributed by atoms with van der Waals surface area (Å²) in [6, 6.07) is 2.47. The molecule has 0 N–H and O–H groups in total. The molecule has 1 rings (SSSR count). The van der Waals surface area contributed by atoms with E-state index < -0.39 is 11.6 Å². The van der Waals surface area contributed by atoms with Crippen molar-refractivity contribution in [3.8, 4) is 0 Å². The number of halogens is 2. The second-order valence-corrected chi connectivity index (χ2v) is 3.67. The topological polar surface area (TPSA) is 0 Å². The first-order valence-corrected chi connectivity index (χ1v) is 5.27. The summed E-state index contributed by atoms with van der Waals surface area (Å²) in [5.74, 6) is -1.56. The van der Waals surface area contributed by atoms with Gasteiger partial charge in [-0.2, -0.15) is 0 Å². The molecular weight excluding hydrogens is 194 g/mol. The first kappa shape index (κ1) is 11.9. The fraction of sp³-hybridized carbons (Fsp3) is 0.385. The van der Waals surface area contributed by atoms with E-state index in [0.717, 1.165) is 30.4 Å². The molecule has 0 heterocycles. The Hall–Kier alpha value is -1.18. The van der Waals surface area contributed by atoms with Crippen LogP contribution in [0.15, 0.2) is 18.2 Å². The van der Waals surface area contributed by atoms with Gasteiger partial charge < -0.3 is 0 Å². The van der Waals surface area contributed by atoms with Crippen LogP contribution in [0.4, 0.5) is 8.78 Å². The fourth-order valence-corrected chi connectivity index (χ4v) is 1.37. The zero-order valence-electron chi connectivity index (χ0n) is 9.19. The van der Waals surface area contributed by atoms with Crippen molar-refractivity contribution < 1.29 is 8.78 Å². The van der Waals surface area contributed by atoms with Crippen LogP contribution in [-0.2, 0) is 0 Å². The minimum absolute atomic E-state index is 0.755. The van der Waals surface area contributed by atoms with Gasteiger partial charge in [-0.25, -0.2) is 8.78 Å². The molecule has 0 spiro atoms. The van der Waals surface area contributed by atoms with Crippen molar-refractivity contribution in [2.24, 2.45) is 0 Å². The Balaban J connectivity index is 2.77. The summed E-state index contributed by atoms with van der Waals surface area (Å²) in [6.07, 6.45) is 7.10. The quantitative estimate of drug-likeness (QED) is 0.643. The van der Waals surface area contributed by atoms with Crippen molar-refractivity contribution >= 4 is 6.08 Å². The lowest BCUT2D eigenvalue weighted by Crippen LogP contribution is -1.89. The monoisotopic (exact) mass is 210 g/mol. The van der Waals surface area contributed by atoms with Gasteiger partial charge in [-0.1, -0.05) is 31.9 Å². The standard InChI is InChI=1S/C13H16F2/c1-3-4-5-6-7-11-9-13(15)12(14)8-10(11)2/h6-9H,3-5H2,1-2H3/b7-6-. The van der Waals surface area contributed by atoms with Crippen LogP contribution in [0.3, 0.4) is 0 Å². The van der Waals surface area contributed by atoms with Crippen LogP contribution in [0.2, 0.25) is 0 Å². The van der Waals surface area contributed by atoms with Crippen LogP contribution < -0.4 is 0 Å². The molecular formula is C13H16F2. The maximum absolute atomic E-state index is 12.9. The Morgan fingerprint density at radius 2 is 1.87 bits per heavy atom. The highest BCUT2D eigenvalue weighted by Gasteiger charge is 2.04. The molecule has 0 atom stereocenters. The van der Waals surface area contributed by atoms with Crippen LogP contribution in [0, 0.1) is 18.6 Å². The number of unbranched alkanes of at least 4 members (excludes halogenated alkanes) is 2. The average Bonchev–Trinajstić information content (AvgIpc) is 2.20. The number of aryl methyl sites for hydroxylation is 1. The SMILES string of the molecule is CCCC/C=C\c1cc(F)c(F)cc1C. The molecule has 0 unspecified atom stereocenters. The van der Waals surface area contributed by atoms with Crippen molar-refractivity contribution in [3.63, 3.8) is 0 Å². The number of rotatable bonds is 4. The minimum atomic E-state index is -0.782. The molecule has 0 aliphatic heterocycles. The number of allylic oxidation sites excluding steroid dienone is 1. The van der Waals surface area contributed by atoms with Crippen LogP contribution in [-0.4, -0.2) is 0 Å². The predicted octanol–water partition coefficient (Wildman–Crippen LogP) is 4.48. The molecule has 0 amide bonds. The third kappa shape index (κ3) is 3.46. The Morgan fingerprint density at radius 3 is 2.53 bits per heavy atom. The molecule has 0 bridgehead atoms. The lowest BCUT2D eigenvalue weighted by atomic mass is 10.1. The lowest BCUT2D eigenvalue weighted by molar-refractivity contribution is 0.507. The normalized spacial score (nSPS) is 11.2. The highest BCUT2D eigenvalue weighted by atomic mass is 19.2. The van der Waals surface area contributed by atoms with E-state index in [4.69, 9.17) is 0 Å². The van der Waals surface area contributed by atoms with E-state index in [1.165, 1.54) is 12.1 Å². The molecule has 0 nitrogen and oxygen atoms in total. The zero-order chi connectivity index (χ0) is 11.3. The maximum Gasteiger partial charge on any atom is 0.159 e. The summed E-state index contributed by atoms with van der Waals surface area (Å²) >= 11 is 0. The van der Waals surface area contributed by atoms with Crippen LogP contribution >= 0.6 is 0 Å². The van der Waals surface area contributed by atoms with E-state index >= 15 is 0 Å². The predicted molar refractivity (Wildman–Crippen MR) is 59.7 cm³/mol. The smallest absolute Gasteiger partial charge is 0.159 e. The number of hydrogen-bond acceptors (Lipinski definition) is 0. The van der Waals surface area contributed by atoms with E-state index in [-0.39, 0.29) is 0 Å². The largest absolute Gasteiger partial charge is 0.204 e. The average molecular weight is 210 g/mol. The third-order valence-electron chi connectivity index (χ3n) is 2.33. The van der Waals surface area contributed by atoms with Crippen molar-refractivity contribution in [1.29, 1.82) is 0 Å². The fourth-order valence-electron chi connectivity index (χ4n) is 1.37. The molecule has 0 aliphatic carbocycles. The van der Waals surface area contributed by atoms with Crippen molar-refractivity contribution in [3.05, 3.63) is 41.0 Å². The van der Waals surface area contributed by atoms with Gasteiger partial charge in [-0.05, 0) is 36.6 Å². The number of benzene rings is 1. The van der Waals surface area contributed by atoms with Crippen LogP contribution in [0.1, 0.15) is 37.3 Å². The van der Waals surface area contributed by atoms with Gasteiger partial charge in [-0.15, -0.1) is 0 Å². The van der Waals surface area contributed by atoms with Gasteiger partial charge >= 0.3 is 0 Å². The number of hydrogen-bond donors (Lipinski definition) is 0. The van der Waals surface area contributed by atoms with Gasteiger partial charge in [0.15, 0.2) is 11.6 Å². The van der Waals surface area contributed by atoms with E-state index in [1.807, 2.05) is 12.2 Å². The molecule has 0 saturated carbocycles. The van der Waals surface area contributed by atoms with Gasteiger partial charge in [0.1, 0.15) is 0 Å². The van der Waals surface area contributed by atoms with Gasteiger partial charge in [-0.3, -0.25) is 0 Å². The summed E-state index contributed by atoms with van der Waals surface area (Å²) in [7, 11) is 0. The van der Waals surface area contributed by atoms with Gasteiger partial charge in [0, 0.05) is 0 Å². The second kappa shape index (κ2) is 5.64. The van der Waals surface area contributed by atoms with Crippen LogP contribution in [0.5, 0.6) is 0 Å². The molecule has 82 valence electrons. The Morgan fingerprint density at radius 1 is 1.20 bits per heavy atom. The first-order valence-electron chi connectivity index (χ1n) is 5.27. The van der Waals surface area contributed by atoms with E-state index in [9.17, 15) is 8.78 Å². The Bertz CT molecular complexity index is 354. The van der Waals surface area contributed by atoms with Gasteiger partial charge in [0.05, 0.1) is 0 Å². The maximum atomic E-state index is 12.9. The minimum Gasteiger partial charge on any atom is -0.204 e. The van der Waals surface area contributed by atoms with E-state index in [0.29, 0.717) is 0 Å². The molecule has 0 aliphatic rings. The highest BCUT2D eigenvalue weighted by Crippen LogP contribution is 2.16. The van der Waals surface area contributed by atoms with E-state index in [1.54, 1.807) is 6.92 Å². The molecule has 0 saturated heterocycles. The van der Waals surface area contributed by atoms with Crippen molar-refractivity contribution in [2.75, 3.05) is 0 Å². The van der Waals surface area contributed by atoms with Crippen molar-refractivity contribution in [1.82, 2.24) is 0 Å².